The molecule has 6 heteroatoms. The molecule has 0 aliphatic rings. The van der Waals surface area contributed by atoms with Gasteiger partial charge < -0.3 is 10.4 Å². The molecule has 0 saturated carbocycles. The third kappa shape index (κ3) is 3.52. The van der Waals surface area contributed by atoms with Crippen LogP contribution in [0.4, 0.5) is 11.4 Å². The van der Waals surface area contributed by atoms with Crippen molar-refractivity contribution in [1.29, 1.82) is 0 Å². The van der Waals surface area contributed by atoms with Crippen molar-refractivity contribution in [3.63, 3.8) is 0 Å². The zero-order valence-corrected chi connectivity index (χ0v) is 13.3. The van der Waals surface area contributed by atoms with Gasteiger partial charge in [-0.25, -0.2) is 0 Å². The van der Waals surface area contributed by atoms with Crippen molar-refractivity contribution in [3.05, 3.63) is 61.6 Å². The van der Waals surface area contributed by atoms with Crippen LogP contribution < -0.4 is 5.32 Å². The van der Waals surface area contributed by atoms with Gasteiger partial charge in [0.05, 0.1) is 4.92 Å². The minimum atomic E-state index is -0.383. The molecule has 0 fully saturated rings. The van der Waals surface area contributed by atoms with Gasteiger partial charge >= 0.3 is 0 Å². The number of anilines is 1. The molecule has 2 N–H and O–H groups in total. The molecule has 0 radical (unpaired) electrons. The van der Waals surface area contributed by atoms with Gasteiger partial charge in [-0.05, 0) is 43.7 Å². The number of aryl methyl sites for hydroxylation is 2. The van der Waals surface area contributed by atoms with Crippen molar-refractivity contribution in [2.75, 3.05) is 5.32 Å². The molecule has 2 rings (SSSR count). The van der Waals surface area contributed by atoms with Crippen LogP contribution in [-0.4, -0.2) is 10.0 Å². The van der Waals surface area contributed by atoms with Crippen molar-refractivity contribution < 1.29 is 10.0 Å². The highest BCUT2D eigenvalue weighted by Gasteiger charge is 2.13. The second-order valence-corrected chi connectivity index (χ2v) is 5.75. The Kier molecular flexibility index (Phi) is 4.47. The van der Waals surface area contributed by atoms with Gasteiger partial charge in [0, 0.05) is 33.9 Å². The van der Waals surface area contributed by atoms with Gasteiger partial charge in [-0.2, -0.15) is 0 Å². The number of aromatic hydroxyl groups is 1. The van der Waals surface area contributed by atoms with Crippen LogP contribution in [0.2, 0.25) is 0 Å². The number of halogens is 1. The van der Waals surface area contributed by atoms with E-state index in [4.69, 9.17) is 0 Å². The molecule has 0 aliphatic carbocycles. The van der Waals surface area contributed by atoms with Crippen LogP contribution in [0, 0.1) is 24.0 Å². The number of nitro benzene ring substituents is 1. The van der Waals surface area contributed by atoms with E-state index in [0.29, 0.717) is 12.1 Å². The Morgan fingerprint density at radius 1 is 1.24 bits per heavy atom. The molecule has 0 amide bonds. The van der Waals surface area contributed by atoms with E-state index in [1.807, 2.05) is 13.0 Å². The molecule has 0 aromatic heterocycles. The highest BCUT2D eigenvalue weighted by Crippen LogP contribution is 2.28. The summed E-state index contributed by atoms with van der Waals surface area (Å²) in [4.78, 5) is 10.5. The zero-order chi connectivity index (χ0) is 15.6. The summed E-state index contributed by atoms with van der Waals surface area (Å²) in [6.07, 6.45) is 0. The fraction of sp³-hybridized carbons (Fsp3) is 0.200. The van der Waals surface area contributed by atoms with Crippen LogP contribution in [0.25, 0.3) is 0 Å². The predicted octanol–water partition coefficient (Wildman–Crippen LogP) is 4.29. The Labute approximate surface area is 130 Å². The average molecular weight is 351 g/mol. The highest BCUT2D eigenvalue weighted by atomic mass is 79.9. The lowest BCUT2D eigenvalue weighted by molar-refractivity contribution is -0.385. The van der Waals surface area contributed by atoms with Crippen molar-refractivity contribution in [2.45, 2.75) is 20.4 Å². The van der Waals surface area contributed by atoms with E-state index in [2.05, 4.69) is 21.2 Å². The first kappa shape index (κ1) is 15.3. The van der Waals surface area contributed by atoms with E-state index < -0.39 is 0 Å². The quantitative estimate of drug-likeness (QED) is 0.636. The second kappa shape index (κ2) is 6.13. The van der Waals surface area contributed by atoms with E-state index in [1.165, 1.54) is 0 Å². The van der Waals surface area contributed by atoms with Gasteiger partial charge in [-0.15, -0.1) is 0 Å². The molecule has 0 atom stereocenters. The SMILES string of the molecule is Cc1cc([N+](=O)[O-])c(C)cc1NCc1cc(Br)ccc1O. The van der Waals surface area contributed by atoms with Crippen LogP contribution in [0.1, 0.15) is 16.7 Å². The Morgan fingerprint density at radius 3 is 2.62 bits per heavy atom. The van der Waals surface area contributed by atoms with Crippen molar-refractivity contribution in [1.82, 2.24) is 0 Å². The highest BCUT2D eigenvalue weighted by molar-refractivity contribution is 9.10. The molecule has 0 heterocycles. The van der Waals surface area contributed by atoms with Crippen molar-refractivity contribution in [3.8, 4) is 5.75 Å². The first-order valence-corrected chi connectivity index (χ1v) is 7.14. The standard InChI is InChI=1S/C15H15BrN2O3/c1-9-6-14(18(20)21)10(2)5-13(9)17-8-11-7-12(16)3-4-15(11)19/h3-7,17,19H,8H2,1-2H3. The minimum Gasteiger partial charge on any atom is -0.508 e. The van der Waals surface area contributed by atoms with E-state index in [0.717, 1.165) is 21.3 Å². The van der Waals surface area contributed by atoms with Crippen molar-refractivity contribution >= 4 is 27.3 Å². The zero-order valence-electron chi connectivity index (χ0n) is 11.7. The summed E-state index contributed by atoms with van der Waals surface area (Å²) in [5, 5.41) is 23.9. The summed E-state index contributed by atoms with van der Waals surface area (Å²) >= 11 is 3.36. The Bertz CT molecular complexity index is 702. The summed E-state index contributed by atoms with van der Waals surface area (Å²) in [6.45, 7) is 3.96. The van der Waals surface area contributed by atoms with Crippen molar-refractivity contribution in [2.24, 2.45) is 0 Å². The van der Waals surface area contributed by atoms with Crippen LogP contribution in [0.3, 0.4) is 0 Å². The number of phenolic OH excluding ortho intramolecular Hbond substituents is 1. The molecule has 0 spiro atoms. The third-order valence-corrected chi connectivity index (χ3v) is 3.74. The van der Waals surface area contributed by atoms with E-state index in [1.54, 1.807) is 31.2 Å². The summed E-state index contributed by atoms with van der Waals surface area (Å²) in [5.41, 5.74) is 3.08. The minimum absolute atomic E-state index is 0.114. The summed E-state index contributed by atoms with van der Waals surface area (Å²) in [5.74, 6) is 0.210. The van der Waals surface area contributed by atoms with Gasteiger partial charge in [-0.3, -0.25) is 10.1 Å². The fourth-order valence-corrected chi connectivity index (χ4v) is 2.48. The maximum atomic E-state index is 10.9. The monoisotopic (exact) mass is 350 g/mol. The second-order valence-electron chi connectivity index (χ2n) is 4.84. The fourth-order valence-electron chi connectivity index (χ4n) is 2.07. The van der Waals surface area contributed by atoms with Crippen LogP contribution >= 0.6 is 15.9 Å². The van der Waals surface area contributed by atoms with Gasteiger partial charge in [0.25, 0.3) is 5.69 Å². The molecule has 5 nitrogen and oxygen atoms in total. The number of hydrogen-bond acceptors (Lipinski definition) is 4. The number of rotatable bonds is 4. The molecule has 110 valence electrons. The molecular weight excluding hydrogens is 336 g/mol. The number of nitrogens with one attached hydrogen (secondary N) is 1. The first-order valence-electron chi connectivity index (χ1n) is 6.35. The normalized spacial score (nSPS) is 10.4. The van der Waals surface area contributed by atoms with Crippen LogP contribution in [0.5, 0.6) is 5.75 Å². The lowest BCUT2D eigenvalue weighted by Crippen LogP contribution is -2.03. The Hall–Kier alpha value is -2.08. The largest absolute Gasteiger partial charge is 0.508 e. The maximum Gasteiger partial charge on any atom is 0.272 e. The van der Waals surface area contributed by atoms with Gasteiger partial charge in [0.2, 0.25) is 0 Å². The molecule has 21 heavy (non-hydrogen) atoms. The van der Waals surface area contributed by atoms with E-state index in [9.17, 15) is 15.2 Å². The number of hydrogen-bond donors (Lipinski definition) is 2. The predicted molar refractivity (Wildman–Crippen MR) is 85.7 cm³/mol. The molecule has 0 aliphatic heterocycles. The molecule has 0 unspecified atom stereocenters. The van der Waals surface area contributed by atoms with Gasteiger partial charge in [0.1, 0.15) is 5.75 Å². The summed E-state index contributed by atoms with van der Waals surface area (Å²) < 4.78 is 0.883. The maximum absolute atomic E-state index is 10.9. The lowest BCUT2D eigenvalue weighted by atomic mass is 10.1. The molecule has 0 bridgehead atoms. The van der Waals surface area contributed by atoms with E-state index in [-0.39, 0.29) is 16.4 Å². The molecule has 2 aromatic rings. The first-order chi connectivity index (χ1) is 9.88. The lowest BCUT2D eigenvalue weighted by Gasteiger charge is -2.12. The third-order valence-electron chi connectivity index (χ3n) is 3.25. The average Bonchev–Trinajstić information content (AvgIpc) is 2.42. The number of phenols is 1. The Morgan fingerprint density at radius 2 is 1.95 bits per heavy atom. The molecule has 0 saturated heterocycles. The van der Waals surface area contributed by atoms with Gasteiger partial charge in [-0.1, -0.05) is 15.9 Å². The topological polar surface area (TPSA) is 75.4 Å². The molecular formula is C15H15BrN2O3. The number of benzene rings is 2. The van der Waals surface area contributed by atoms with Crippen LogP contribution in [0.15, 0.2) is 34.8 Å². The number of nitrogens with zero attached hydrogens (tertiary/aromatic N) is 1. The summed E-state index contributed by atoms with van der Waals surface area (Å²) in [7, 11) is 0. The van der Waals surface area contributed by atoms with Gasteiger partial charge in [0.15, 0.2) is 0 Å². The number of nitro groups is 1. The van der Waals surface area contributed by atoms with E-state index >= 15 is 0 Å². The molecule has 2 aromatic carbocycles. The smallest absolute Gasteiger partial charge is 0.272 e. The Balaban J connectivity index is 2.22. The summed E-state index contributed by atoms with van der Waals surface area (Å²) in [6, 6.07) is 8.52. The van der Waals surface area contributed by atoms with Crippen LogP contribution in [-0.2, 0) is 6.54 Å².